The first kappa shape index (κ1) is 13.7. The van der Waals surface area contributed by atoms with Gasteiger partial charge in [-0.3, -0.25) is 9.80 Å². The Morgan fingerprint density at radius 1 is 1.25 bits per heavy atom. The first-order chi connectivity index (χ1) is 7.67. The van der Waals surface area contributed by atoms with E-state index in [0.717, 1.165) is 39.1 Å². The first-order valence-corrected chi connectivity index (χ1v) is 6.38. The summed E-state index contributed by atoms with van der Waals surface area (Å²) in [6.45, 7) is 12.3. The number of aliphatic hydroxyl groups is 1. The van der Waals surface area contributed by atoms with Gasteiger partial charge in [0, 0.05) is 38.8 Å². The average Bonchev–Trinajstić information content (AvgIpc) is 2.29. The molecular weight excluding hydrogens is 200 g/mol. The van der Waals surface area contributed by atoms with Crippen LogP contribution in [-0.4, -0.2) is 60.3 Å². The molecular formula is C13H26N2O. The maximum absolute atomic E-state index is 9.26. The van der Waals surface area contributed by atoms with Gasteiger partial charge in [-0.15, -0.1) is 0 Å². The van der Waals surface area contributed by atoms with Gasteiger partial charge in [0.25, 0.3) is 0 Å². The minimum Gasteiger partial charge on any atom is -0.395 e. The fourth-order valence-corrected chi connectivity index (χ4v) is 2.13. The highest BCUT2D eigenvalue weighted by Crippen LogP contribution is 2.09. The Labute approximate surface area is 99.7 Å². The molecule has 1 saturated heterocycles. The summed E-state index contributed by atoms with van der Waals surface area (Å²) in [5, 5.41) is 9.26. The molecule has 1 aliphatic rings. The van der Waals surface area contributed by atoms with E-state index in [-0.39, 0.29) is 0 Å². The molecule has 1 heterocycles. The molecule has 0 aromatic rings. The van der Waals surface area contributed by atoms with Crippen molar-refractivity contribution in [3.05, 3.63) is 11.6 Å². The summed E-state index contributed by atoms with van der Waals surface area (Å²) in [6.07, 6.45) is 3.34. The Morgan fingerprint density at radius 3 is 2.31 bits per heavy atom. The van der Waals surface area contributed by atoms with Crippen molar-refractivity contribution in [1.82, 2.24) is 9.80 Å². The molecule has 0 radical (unpaired) electrons. The van der Waals surface area contributed by atoms with E-state index in [2.05, 4.69) is 36.6 Å². The van der Waals surface area contributed by atoms with Crippen LogP contribution < -0.4 is 0 Å². The molecule has 0 aromatic heterocycles. The van der Waals surface area contributed by atoms with Crippen LogP contribution in [0.3, 0.4) is 0 Å². The van der Waals surface area contributed by atoms with E-state index in [1.807, 2.05) is 0 Å². The topological polar surface area (TPSA) is 26.7 Å². The second-order valence-corrected chi connectivity index (χ2v) is 4.86. The summed E-state index contributed by atoms with van der Waals surface area (Å²) >= 11 is 0. The summed E-state index contributed by atoms with van der Waals surface area (Å²) in [6, 6.07) is 0.366. The highest BCUT2D eigenvalue weighted by molar-refractivity contribution is 4.95. The minimum absolute atomic E-state index is 0.296. The van der Waals surface area contributed by atoms with Crippen LogP contribution in [0.4, 0.5) is 0 Å². The molecule has 3 nitrogen and oxygen atoms in total. The molecule has 1 N–H and O–H groups in total. The average molecular weight is 226 g/mol. The Morgan fingerprint density at radius 2 is 1.88 bits per heavy atom. The van der Waals surface area contributed by atoms with E-state index in [1.54, 1.807) is 0 Å². The van der Waals surface area contributed by atoms with E-state index in [9.17, 15) is 5.11 Å². The van der Waals surface area contributed by atoms with Crippen LogP contribution in [0.1, 0.15) is 27.2 Å². The van der Waals surface area contributed by atoms with Gasteiger partial charge in [-0.2, -0.15) is 0 Å². The lowest BCUT2D eigenvalue weighted by molar-refractivity contribution is 0.0680. The summed E-state index contributed by atoms with van der Waals surface area (Å²) in [7, 11) is 0. The van der Waals surface area contributed by atoms with Crippen molar-refractivity contribution < 1.29 is 5.11 Å². The molecule has 0 spiro atoms. The van der Waals surface area contributed by atoms with Gasteiger partial charge in [-0.1, -0.05) is 18.6 Å². The third-order valence-corrected chi connectivity index (χ3v) is 3.36. The lowest BCUT2D eigenvalue weighted by Crippen LogP contribution is -2.51. The quantitative estimate of drug-likeness (QED) is 0.717. The summed E-state index contributed by atoms with van der Waals surface area (Å²) < 4.78 is 0. The van der Waals surface area contributed by atoms with Gasteiger partial charge >= 0.3 is 0 Å². The van der Waals surface area contributed by atoms with Gasteiger partial charge in [0.15, 0.2) is 0 Å². The number of piperazine rings is 1. The predicted molar refractivity (Wildman–Crippen MR) is 68.6 cm³/mol. The van der Waals surface area contributed by atoms with E-state index in [1.165, 1.54) is 5.57 Å². The molecule has 1 fully saturated rings. The number of hydrogen-bond donors (Lipinski definition) is 1. The Bertz CT molecular complexity index is 212. The highest BCUT2D eigenvalue weighted by atomic mass is 16.3. The van der Waals surface area contributed by atoms with Crippen molar-refractivity contribution in [2.24, 2.45) is 0 Å². The van der Waals surface area contributed by atoms with Crippen LogP contribution in [0.25, 0.3) is 0 Å². The number of nitrogens with zero attached hydrogens (tertiary/aromatic N) is 2. The molecule has 0 aliphatic carbocycles. The van der Waals surface area contributed by atoms with Gasteiger partial charge in [0.2, 0.25) is 0 Å². The van der Waals surface area contributed by atoms with Crippen LogP contribution in [0.5, 0.6) is 0 Å². The maximum atomic E-state index is 9.26. The van der Waals surface area contributed by atoms with Crippen molar-refractivity contribution in [3.8, 4) is 0 Å². The zero-order valence-corrected chi connectivity index (χ0v) is 10.9. The van der Waals surface area contributed by atoms with Gasteiger partial charge in [-0.05, 0) is 20.3 Å². The van der Waals surface area contributed by atoms with E-state index in [4.69, 9.17) is 0 Å². The number of rotatable bonds is 5. The molecule has 94 valence electrons. The Kier molecular flexibility index (Phi) is 6.03. The molecule has 0 saturated carbocycles. The molecule has 1 rings (SSSR count). The number of allylic oxidation sites excluding steroid dienone is 1. The van der Waals surface area contributed by atoms with Gasteiger partial charge < -0.3 is 5.11 Å². The van der Waals surface area contributed by atoms with Gasteiger partial charge in [-0.25, -0.2) is 0 Å². The zero-order valence-electron chi connectivity index (χ0n) is 10.9. The van der Waals surface area contributed by atoms with Gasteiger partial charge in [0.05, 0.1) is 6.61 Å². The van der Waals surface area contributed by atoms with E-state index >= 15 is 0 Å². The maximum Gasteiger partial charge on any atom is 0.0586 e. The van der Waals surface area contributed by atoms with Crippen LogP contribution in [0.2, 0.25) is 0 Å². The third-order valence-electron chi connectivity index (χ3n) is 3.36. The minimum atomic E-state index is 0.296. The van der Waals surface area contributed by atoms with Crippen molar-refractivity contribution >= 4 is 0 Å². The summed E-state index contributed by atoms with van der Waals surface area (Å²) in [4.78, 5) is 4.90. The highest BCUT2D eigenvalue weighted by Gasteiger charge is 2.21. The zero-order chi connectivity index (χ0) is 12.0. The fourth-order valence-electron chi connectivity index (χ4n) is 2.13. The smallest absolute Gasteiger partial charge is 0.0586 e. The predicted octanol–water partition coefficient (Wildman–Crippen LogP) is 1.34. The second-order valence-electron chi connectivity index (χ2n) is 4.86. The van der Waals surface area contributed by atoms with Gasteiger partial charge in [0.1, 0.15) is 0 Å². The molecule has 0 amide bonds. The van der Waals surface area contributed by atoms with E-state index in [0.29, 0.717) is 12.6 Å². The monoisotopic (exact) mass is 226 g/mol. The van der Waals surface area contributed by atoms with Crippen molar-refractivity contribution in [1.29, 1.82) is 0 Å². The Hall–Kier alpha value is -0.380. The second kappa shape index (κ2) is 7.05. The standard InChI is InChI=1S/C13H26N2O/c1-4-13(11-16)15-9-7-14(8-10-15)6-5-12(2)3/h5,13,16H,4,6-11H2,1-3H3. The molecule has 1 atom stereocenters. The largest absolute Gasteiger partial charge is 0.395 e. The van der Waals surface area contributed by atoms with Crippen LogP contribution in [0.15, 0.2) is 11.6 Å². The molecule has 3 heteroatoms. The van der Waals surface area contributed by atoms with Crippen molar-refractivity contribution in [2.75, 3.05) is 39.3 Å². The lowest BCUT2D eigenvalue weighted by atomic mass is 10.1. The summed E-state index contributed by atoms with van der Waals surface area (Å²) in [5.41, 5.74) is 1.39. The number of hydrogen-bond acceptors (Lipinski definition) is 3. The van der Waals surface area contributed by atoms with Crippen LogP contribution >= 0.6 is 0 Å². The molecule has 1 aliphatic heterocycles. The SMILES string of the molecule is CCC(CO)N1CCN(CC=C(C)C)CC1. The molecule has 16 heavy (non-hydrogen) atoms. The number of aliphatic hydroxyl groups excluding tert-OH is 1. The molecule has 0 bridgehead atoms. The van der Waals surface area contributed by atoms with Crippen molar-refractivity contribution in [3.63, 3.8) is 0 Å². The van der Waals surface area contributed by atoms with E-state index < -0.39 is 0 Å². The van der Waals surface area contributed by atoms with Crippen LogP contribution in [-0.2, 0) is 0 Å². The third kappa shape index (κ3) is 4.24. The summed E-state index contributed by atoms with van der Waals surface area (Å²) in [5.74, 6) is 0. The molecule has 0 aromatic carbocycles. The Balaban J connectivity index is 2.30. The van der Waals surface area contributed by atoms with Crippen LogP contribution in [0, 0.1) is 0 Å². The fraction of sp³-hybridized carbons (Fsp3) is 0.846. The first-order valence-electron chi connectivity index (χ1n) is 6.38. The van der Waals surface area contributed by atoms with Crippen molar-refractivity contribution in [2.45, 2.75) is 33.2 Å². The molecule has 1 unspecified atom stereocenters. The lowest BCUT2D eigenvalue weighted by Gasteiger charge is -2.38. The normalized spacial score (nSPS) is 20.8.